The van der Waals surface area contributed by atoms with Crippen LogP contribution in [0.5, 0.6) is 0 Å². The van der Waals surface area contributed by atoms with E-state index in [1.807, 2.05) is 18.2 Å². The highest BCUT2D eigenvalue weighted by atomic mass is 35.5. The molecule has 1 aliphatic heterocycles. The maximum atomic E-state index is 6.16. The zero-order valence-corrected chi connectivity index (χ0v) is 11.7. The van der Waals surface area contributed by atoms with Crippen molar-refractivity contribution < 1.29 is 0 Å². The van der Waals surface area contributed by atoms with Gasteiger partial charge < -0.3 is 10.6 Å². The third kappa shape index (κ3) is 2.11. The van der Waals surface area contributed by atoms with Crippen molar-refractivity contribution in [1.82, 2.24) is 0 Å². The van der Waals surface area contributed by atoms with Crippen molar-refractivity contribution in [3.63, 3.8) is 0 Å². The van der Waals surface area contributed by atoms with Crippen LogP contribution in [0.4, 0.5) is 11.4 Å². The Bertz CT molecular complexity index is 609. The molecule has 0 spiro atoms. The van der Waals surface area contributed by atoms with Crippen LogP contribution in [0, 0.1) is 0 Å². The number of para-hydroxylation sites is 1. The van der Waals surface area contributed by atoms with Crippen LogP contribution >= 0.6 is 11.6 Å². The van der Waals surface area contributed by atoms with Crippen LogP contribution in [0.3, 0.4) is 0 Å². The molecule has 0 aliphatic carbocycles. The fourth-order valence-corrected chi connectivity index (χ4v) is 3.03. The molecule has 1 atom stereocenters. The van der Waals surface area contributed by atoms with E-state index in [0.717, 1.165) is 22.7 Å². The normalized spacial score (nSPS) is 17.6. The number of halogens is 1. The lowest BCUT2D eigenvalue weighted by Gasteiger charge is -2.27. The number of nitrogens with two attached hydrogens (primary N) is 1. The first-order valence-corrected chi connectivity index (χ1v) is 6.94. The van der Waals surface area contributed by atoms with Crippen LogP contribution in [0.25, 0.3) is 0 Å². The van der Waals surface area contributed by atoms with Crippen molar-refractivity contribution >= 4 is 23.0 Å². The molecule has 0 amide bonds. The Hall–Kier alpha value is -1.51. The molecule has 1 heterocycles. The molecule has 2 nitrogen and oxygen atoms in total. The number of benzene rings is 2. The summed E-state index contributed by atoms with van der Waals surface area (Å²) in [5.74, 6) is 0. The van der Waals surface area contributed by atoms with Crippen LogP contribution in [-0.2, 0) is 13.0 Å². The predicted molar refractivity (Wildman–Crippen MR) is 81.1 cm³/mol. The highest BCUT2D eigenvalue weighted by Crippen LogP contribution is 2.40. The number of rotatable bonds is 2. The Morgan fingerprint density at radius 3 is 2.79 bits per heavy atom. The summed E-state index contributed by atoms with van der Waals surface area (Å²) < 4.78 is 0. The van der Waals surface area contributed by atoms with Gasteiger partial charge in [0.15, 0.2) is 0 Å². The molecule has 1 aliphatic rings. The first-order valence-electron chi connectivity index (χ1n) is 6.56. The highest BCUT2D eigenvalue weighted by Gasteiger charge is 2.28. The van der Waals surface area contributed by atoms with E-state index < -0.39 is 0 Å². The van der Waals surface area contributed by atoms with Crippen LogP contribution in [0.2, 0.25) is 5.02 Å². The van der Waals surface area contributed by atoms with Gasteiger partial charge >= 0.3 is 0 Å². The van der Waals surface area contributed by atoms with Gasteiger partial charge in [0.05, 0.1) is 0 Å². The van der Waals surface area contributed by atoms with E-state index in [-0.39, 0.29) is 0 Å². The molecular weight excluding hydrogens is 256 g/mol. The SMILES string of the molecule is CC1Cc2ccccc2N1c1cc(Cl)ccc1CN. The molecule has 19 heavy (non-hydrogen) atoms. The summed E-state index contributed by atoms with van der Waals surface area (Å²) in [6.45, 7) is 2.76. The first kappa shape index (κ1) is 12.5. The van der Waals surface area contributed by atoms with E-state index in [0.29, 0.717) is 12.6 Å². The van der Waals surface area contributed by atoms with E-state index in [9.17, 15) is 0 Å². The smallest absolute Gasteiger partial charge is 0.0473 e. The van der Waals surface area contributed by atoms with Gasteiger partial charge in [0, 0.05) is 29.0 Å². The number of hydrogen-bond donors (Lipinski definition) is 1. The van der Waals surface area contributed by atoms with E-state index in [2.05, 4.69) is 36.1 Å². The Kier molecular flexibility index (Phi) is 3.21. The van der Waals surface area contributed by atoms with Crippen LogP contribution < -0.4 is 10.6 Å². The zero-order chi connectivity index (χ0) is 13.4. The minimum absolute atomic E-state index is 0.432. The van der Waals surface area contributed by atoms with Gasteiger partial charge in [0.2, 0.25) is 0 Å². The Morgan fingerprint density at radius 2 is 2.00 bits per heavy atom. The van der Waals surface area contributed by atoms with Crippen molar-refractivity contribution in [2.45, 2.75) is 25.9 Å². The monoisotopic (exact) mass is 272 g/mol. The lowest BCUT2D eigenvalue weighted by Crippen LogP contribution is -2.25. The van der Waals surface area contributed by atoms with Crippen molar-refractivity contribution in [2.24, 2.45) is 5.73 Å². The summed E-state index contributed by atoms with van der Waals surface area (Å²) in [6, 6.07) is 14.9. The van der Waals surface area contributed by atoms with Crippen molar-refractivity contribution in [1.29, 1.82) is 0 Å². The molecular formula is C16H17ClN2. The standard InChI is InChI=1S/C16H17ClN2/c1-11-8-12-4-2-3-5-15(12)19(11)16-9-14(17)7-6-13(16)10-18/h2-7,9,11H,8,10,18H2,1H3. The van der Waals surface area contributed by atoms with Gasteiger partial charge in [-0.25, -0.2) is 0 Å². The largest absolute Gasteiger partial charge is 0.338 e. The molecule has 3 rings (SSSR count). The molecule has 98 valence electrons. The van der Waals surface area contributed by atoms with Crippen LogP contribution in [0.1, 0.15) is 18.1 Å². The molecule has 0 fully saturated rings. The summed E-state index contributed by atoms with van der Waals surface area (Å²) in [7, 11) is 0. The van der Waals surface area contributed by atoms with E-state index >= 15 is 0 Å². The Labute approximate surface area is 118 Å². The maximum Gasteiger partial charge on any atom is 0.0473 e. The summed E-state index contributed by atoms with van der Waals surface area (Å²) in [4.78, 5) is 2.35. The lowest BCUT2D eigenvalue weighted by molar-refractivity contribution is 0.755. The van der Waals surface area contributed by atoms with Gasteiger partial charge in [0.1, 0.15) is 0 Å². The van der Waals surface area contributed by atoms with Gasteiger partial charge in [-0.2, -0.15) is 0 Å². The minimum Gasteiger partial charge on any atom is -0.338 e. The van der Waals surface area contributed by atoms with Gasteiger partial charge in [-0.3, -0.25) is 0 Å². The lowest BCUT2D eigenvalue weighted by atomic mass is 10.1. The third-order valence-electron chi connectivity index (χ3n) is 3.73. The predicted octanol–water partition coefficient (Wildman–Crippen LogP) is 3.88. The average molecular weight is 273 g/mol. The summed E-state index contributed by atoms with van der Waals surface area (Å²) in [5.41, 5.74) is 10.8. The van der Waals surface area contributed by atoms with Gasteiger partial charge in [-0.05, 0) is 42.7 Å². The molecule has 2 N–H and O–H groups in total. The molecule has 0 radical (unpaired) electrons. The Balaban J connectivity index is 2.14. The zero-order valence-electron chi connectivity index (χ0n) is 10.9. The van der Waals surface area contributed by atoms with Crippen molar-refractivity contribution in [3.05, 3.63) is 58.6 Å². The van der Waals surface area contributed by atoms with E-state index in [1.54, 1.807) is 0 Å². The third-order valence-corrected chi connectivity index (χ3v) is 3.97. The average Bonchev–Trinajstić information content (AvgIpc) is 2.74. The second kappa shape index (κ2) is 4.87. The topological polar surface area (TPSA) is 29.3 Å². The molecule has 0 saturated carbocycles. The fraction of sp³-hybridized carbons (Fsp3) is 0.250. The number of nitrogens with zero attached hydrogens (tertiary/aromatic N) is 1. The molecule has 0 saturated heterocycles. The molecule has 1 unspecified atom stereocenters. The van der Waals surface area contributed by atoms with Gasteiger partial charge in [-0.1, -0.05) is 35.9 Å². The van der Waals surface area contributed by atoms with E-state index in [1.165, 1.54) is 11.3 Å². The minimum atomic E-state index is 0.432. The quantitative estimate of drug-likeness (QED) is 0.899. The van der Waals surface area contributed by atoms with Crippen LogP contribution in [0.15, 0.2) is 42.5 Å². The summed E-state index contributed by atoms with van der Waals surface area (Å²) in [5, 5.41) is 0.754. The molecule has 0 aromatic heterocycles. The number of fused-ring (bicyclic) bond motifs is 1. The molecule has 2 aromatic carbocycles. The highest BCUT2D eigenvalue weighted by molar-refractivity contribution is 6.30. The maximum absolute atomic E-state index is 6.16. The first-order chi connectivity index (χ1) is 9.20. The van der Waals surface area contributed by atoms with Gasteiger partial charge in [-0.15, -0.1) is 0 Å². The molecule has 0 bridgehead atoms. The number of anilines is 2. The second-order valence-electron chi connectivity index (χ2n) is 5.03. The van der Waals surface area contributed by atoms with Gasteiger partial charge in [0.25, 0.3) is 0 Å². The van der Waals surface area contributed by atoms with E-state index in [4.69, 9.17) is 17.3 Å². The number of hydrogen-bond acceptors (Lipinski definition) is 2. The summed E-state index contributed by atoms with van der Waals surface area (Å²) in [6.07, 6.45) is 1.06. The van der Waals surface area contributed by atoms with Crippen molar-refractivity contribution in [3.8, 4) is 0 Å². The molecule has 3 heteroatoms. The Morgan fingerprint density at radius 1 is 1.21 bits per heavy atom. The van der Waals surface area contributed by atoms with Crippen molar-refractivity contribution in [2.75, 3.05) is 4.90 Å². The fourth-order valence-electron chi connectivity index (χ4n) is 2.87. The summed E-state index contributed by atoms with van der Waals surface area (Å²) >= 11 is 6.16. The van der Waals surface area contributed by atoms with Crippen LogP contribution in [-0.4, -0.2) is 6.04 Å². The second-order valence-corrected chi connectivity index (χ2v) is 5.47. The molecule has 2 aromatic rings.